The lowest BCUT2D eigenvalue weighted by atomic mass is 10.2. The molecule has 0 unspecified atom stereocenters. The molecule has 58 valence electrons. The van der Waals surface area contributed by atoms with Crippen molar-refractivity contribution < 1.29 is 9.53 Å². The van der Waals surface area contributed by atoms with Crippen LogP contribution in [0.2, 0.25) is 0 Å². The maximum Gasteiger partial charge on any atom is 0.302 e. The van der Waals surface area contributed by atoms with Crippen molar-refractivity contribution in [3.63, 3.8) is 0 Å². The molecular weight excluding hydrogens is 128 g/mol. The second-order valence-corrected chi connectivity index (χ2v) is 2.56. The molecule has 2 heteroatoms. The third kappa shape index (κ3) is 4.13. The van der Waals surface area contributed by atoms with Crippen LogP contribution in [0.25, 0.3) is 0 Å². The molecule has 0 atom stereocenters. The van der Waals surface area contributed by atoms with Crippen LogP contribution < -0.4 is 0 Å². The van der Waals surface area contributed by atoms with Crippen molar-refractivity contribution in [3.05, 3.63) is 11.1 Å². The fourth-order valence-corrected chi connectivity index (χ4v) is 0.354. The molecule has 0 spiro atoms. The smallest absolute Gasteiger partial charge is 0.302 e. The average Bonchev–Trinajstić information content (AvgIpc) is 1.82. The van der Waals surface area contributed by atoms with Gasteiger partial charge < -0.3 is 4.74 Å². The van der Waals surface area contributed by atoms with E-state index in [-0.39, 0.29) is 5.97 Å². The number of ether oxygens (including phenoxy) is 1. The Balaban J connectivity index is 3.71. The highest BCUT2D eigenvalue weighted by atomic mass is 16.5. The van der Waals surface area contributed by atoms with Crippen molar-refractivity contribution >= 4 is 5.97 Å². The molecule has 0 aliphatic rings. The van der Waals surface area contributed by atoms with Crippen LogP contribution in [0.15, 0.2) is 11.1 Å². The van der Waals surface area contributed by atoms with E-state index in [0.29, 0.717) is 6.61 Å². The SMILES string of the molecule is CC(=O)OCC(C)=C(C)C. The summed E-state index contributed by atoms with van der Waals surface area (Å²) in [7, 11) is 0. The van der Waals surface area contributed by atoms with Gasteiger partial charge >= 0.3 is 5.97 Å². The van der Waals surface area contributed by atoms with Gasteiger partial charge in [0.15, 0.2) is 0 Å². The zero-order valence-electron chi connectivity index (χ0n) is 7.02. The summed E-state index contributed by atoms with van der Waals surface area (Å²) < 4.78 is 4.77. The van der Waals surface area contributed by atoms with Crippen LogP contribution in [0.3, 0.4) is 0 Å². The van der Waals surface area contributed by atoms with Gasteiger partial charge in [0.05, 0.1) is 0 Å². The summed E-state index contributed by atoms with van der Waals surface area (Å²) in [6.45, 7) is 7.80. The Hall–Kier alpha value is -0.790. The highest BCUT2D eigenvalue weighted by molar-refractivity contribution is 5.66. The van der Waals surface area contributed by atoms with Gasteiger partial charge in [0.2, 0.25) is 0 Å². The van der Waals surface area contributed by atoms with Crippen molar-refractivity contribution in [1.29, 1.82) is 0 Å². The van der Waals surface area contributed by atoms with Gasteiger partial charge in [-0.2, -0.15) is 0 Å². The first-order valence-electron chi connectivity index (χ1n) is 3.30. The molecular formula is C8H14O2. The zero-order valence-corrected chi connectivity index (χ0v) is 7.02. The van der Waals surface area contributed by atoms with Crippen molar-refractivity contribution in [2.45, 2.75) is 27.7 Å². The Labute approximate surface area is 61.9 Å². The number of carbonyl (C=O) groups is 1. The predicted octanol–water partition coefficient (Wildman–Crippen LogP) is 1.91. The first kappa shape index (κ1) is 9.21. The van der Waals surface area contributed by atoms with Gasteiger partial charge in [0.1, 0.15) is 6.61 Å². The van der Waals surface area contributed by atoms with E-state index in [9.17, 15) is 4.79 Å². The second-order valence-electron chi connectivity index (χ2n) is 2.56. The molecule has 2 nitrogen and oxygen atoms in total. The normalized spacial score (nSPS) is 8.80. The molecule has 0 fully saturated rings. The molecule has 0 aromatic rings. The molecule has 0 bridgehead atoms. The molecule has 0 rings (SSSR count). The van der Waals surface area contributed by atoms with Gasteiger partial charge in [-0.3, -0.25) is 4.79 Å². The number of carbonyl (C=O) groups excluding carboxylic acids is 1. The molecule has 0 N–H and O–H groups in total. The largest absolute Gasteiger partial charge is 0.461 e. The third-order valence-corrected chi connectivity index (χ3v) is 1.35. The van der Waals surface area contributed by atoms with E-state index in [2.05, 4.69) is 0 Å². The highest BCUT2D eigenvalue weighted by Gasteiger charge is 1.94. The molecule has 0 heterocycles. The van der Waals surface area contributed by atoms with E-state index in [1.54, 1.807) is 0 Å². The topological polar surface area (TPSA) is 26.3 Å². The highest BCUT2D eigenvalue weighted by Crippen LogP contribution is 2.01. The van der Waals surface area contributed by atoms with E-state index < -0.39 is 0 Å². The van der Waals surface area contributed by atoms with E-state index in [0.717, 1.165) is 5.57 Å². The minimum absolute atomic E-state index is 0.222. The van der Waals surface area contributed by atoms with E-state index in [1.807, 2.05) is 20.8 Å². The molecule has 10 heavy (non-hydrogen) atoms. The molecule has 0 aliphatic heterocycles. The van der Waals surface area contributed by atoms with Crippen LogP contribution in [0.5, 0.6) is 0 Å². The second kappa shape index (κ2) is 4.09. The third-order valence-electron chi connectivity index (χ3n) is 1.35. The van der Waals surface area contributed by atoms with Crippen LogP contribution in [0.1, 0.15) is 27.7 Å². The lowest BCUT2D eigenvalue weighted by Crippen LogP contribution is -2.02. The Morgan fingerprint density at radius 2 is 1.70 bits per heavy atom. The lowest BCUT2D eigenvalue weighted by Gasteiger charge is -2.02. The summed E-state index contributed by atoms with van der Waals surface area (Å²) >= 11 is 0. The van der Waals surface area contributed by atoms with Gasteiger partial charge in [-0.25, -0.2) is 0 Å². The van der Waals surface area contributed by atoms with Crippen LogP contribution in [-0.2, 0) is 9.53 Å². The number of hydrogen-bond donors (Lipinski definition) is 0. The van der Waals surface area contributed by atoms with Crippen molar-refractivity contribution in [2.24, 2.45) is 0 Å². The summed E-state index contributed by atoms with van der Waals surface area (Å²) in [6, 6.07) is 0. The minimum atomic E-state index is -0.222. The zero-order chi connectivity index (χ0) is 8.15. The number of hydrogen-bond acceptors (Lipinski definition) is 2. The van der Waals surface area contributed by atoms with Crippen molar-refractivity contribution in [3.8, 4) is 0 Å². The Morgan fingerprint density at radius 1 is 1.20 bits per heavy atom. The van der Waals surface area contributed by atoms with Crippen LogP contribution >= 0.6 is 0 Å². The first-order chi connectivity index (χ1) is 4.54. The Morgan fingerprint density at radius 3 is 2.00 bits per heavy atom. The fraction of sp³-hybridized carbons (Fsp3) is 0.625. The van der Waals surface area contributed by atoms with Gasteiger partial charge in [0, 0.05) is 6.92 Å². The predicted molar refractivity (Wildman–Crippen MR) is 40.7 cm³/mol. The molecule has 0 amide bonds. The van der Waals surface area contributed by atoms with Gasteiger partial charge in [0.25, 0.3) is 0 Å². The molecule has 0 saturated carbocycles. The van der Waals surface area contributed by atoms with E-state index in [4.69, 9.17) is 4.74 Å². The van der Waals surface area contributed by atoms with Gasteiger partial charge in [-0.1, -0.05) is 5.57 Å². The van der Waals surface area contributed by atoms with E-state index >= 15 is 0 Å². The summed E-state index contributed by atoms with van der Waals surface area (Å²) in [5.74, 6) is -0.222. The van der Waals surface area contributed by atoms with Crippen LogP contribution in [0, 0.1) is 0 Å². The monoisotopic (exact) mass is 142 g/mol. The lowest BCUT2D eigenvalue weighted by molar-refractivity contribution is -0.139. The molecule has 0 saturated heterocycles. The van der Waals surface area contributed by atoms with Gasteiger partial charge in [-0.05, 0) is 26.3 Å². The minimum Gasteiger partial charge on any atom is -0.461 e. The summed E-state index contributed by atoms with van der Waals surface area (Å²) in [6.07, 6.45) is 0. The summed E-state index contributed by atoms with van der Waals surface area (Å²) in [5, 5.41) is 0. The Bertz CT molecular complexity index is 153. The quantitative estimate of drug-likeness (QED) is 0.435. The maximum absolute atomic E-state index is 10.3. The molecule has 0 radical (unpaired) electrons. The average molecular weight is 142 g/mol. The standard InChI is InChI=1S/C8H14O2/c1-6(2)7(3)5-10-8(4)9/h5H2,1-4H3. The Kier molecular flexibility index (Phi) is 3.77. The first-order valence-corrected chi connectivity index (χ1v) is 3.30. The summed E-state index contributed by atoms with van der Waals surface area (Å²) in [5.41, 5.74) is 2.33. The van der Waals surface area contributed by atoms with Crippen LogP contribution in [0.4, 0.5) is 0 Å². The molecule has 0 aromatic heterocycles. The van der Waals surface area contributed by atoms with Crippen LogP contribution in [-0.4, -0.2) is 12.6 Å². The van der Waals surface area contributed by atoms with Crippen molar-refractivity contribution in [1.82, 2.24) is 0 Å². The molecule has 0 aromatic carbocycles. The fourth-order valence-electron chi connectivity index (χ4n) is 0.354. The van der Waals surface area contributed by atoms with E-state index in [1.165, 1.54) is 12.5 Å². The van der Waals surface area contributed by atoms with Gasteiger partial charge in [-0.15, -0.1) is 0 Å². The maximum atomic E-state index is 10.3. The summed E-state index contributed by atoms with van der Waals surface area (Å²) in [4.78, 5) is 10.3. The number of esters is 1. The molecule has 0 aliphatic carbocycles. The van der Waals surface area contributed by atoms with Crippen molar-refractivity contribution in [2.75, 3.05) is 6.61 Å². The number of rotatable bonds is 2. The number of allylic oxidation sites excluding steroid dienone is 1.